The molecule has 0 spiro atoms. The van der Waals surface area contributed by atoms with Crippen molar-refractivity contribution in [2.75, 3.05) is 18.4 Å². The lowest BCUT2D eigenvalue weighted by Gasteiger charge is -2.12. The Balaban J connectivity index is 2.13. The molecule has 0 saturated carbocycles. The van der Waals surface area contributed by atoms with Crippen LogP contribution in [-0.2, 0) is 19.6 Å². The van der Waals surface area contributed by atoms with Gasteiger partial charge in [-0.15, -0.1) is 0 Å². The van der Waals surface area contributed by atoms with Crippen LogP contribution >= 0.6 is 0 Å². The molecular weight excluding hydrogens is 330 g/mol. The lowest BCUT2D eigenvalue weighted by Crippen LogP contribution is -2.14. The number of ether oxygens (including phenoxy) is 2. The second-order valence-corrected chi connectivity index (χ2v) is 6.94. The van der Waals surface area contributed by atoms with Gasteiger partial charge in [-0.1, -0.05) is 17.7 Å². The number of hydrogen-bond acceptors (Lipinski definition) is 5. The Bertz CT molecular complexity index is 829. The molecule has 0 aliphatic heterocycles. The average Bonchev–Trinajstić information content (AvgIpc) is 2.55. The van der Waals surface area contributed by atoms with Crippen molar-refractivity contribution >= 4 is 21.7 Å². The lowest BCUT2D eigenvalue weighted by atomic mass is 10.1. The molecule has 2 aromatic rings. The monoisotopic (exact) mass is 349 g/mol. The van der Waals surface area contributed by atoms with Crippen LogP contribution in [-0.4, -0.2) is 28.1 Å². The van der Waals surface area contributed by atoms with Crippen molar-refractivity contribution in [3.05, 3.63) is 53.6 Å². The van der Waals surface area contributed by atoms with Crippen molar-refractivity contribution in [3.63, 3.8) is 0 Å². The van der Waals surface area contributed by atoms with Gasteiger partial charge < -0.3 is 9.47 Å². The Kier molecular flexibility index (Phi) is 5.46. The van der Waals surface area contributed by atoms with Gasteiger partial charge in [0.15, 0.2) is 6.61 Å². The normalized spacial score (nSPS) is 11.0. The number of sulfonamides is 1. The highest BCUT2D eigenvalue weighted by Crippen LogP contribution is 2.22. The zero-order chi connectivity index (χ0) is 17.7. The van der Waals surface area contributed by atoms with Crippen LogP contribution < -0.4 is 9.46 Å². The maximum absolute atomic E-state index is 12.4. The minimum Gasteiger partial charge on any atom is -0.482 e. The van der Waals surface area contributed by atoms with E-state index in [4.69, 9.17) is 4.74 Å². The quantitative estimate of drug-likeness (QED) is 0.811. The van der Waals surface area contributed by atoms with Crippen LogP contribution in [0.2, 0.25) is 0 Å². The smallest absolute Gasteiger partial charge is 0.343 e. The number of carbonyl (C=O) groups excluding carboxylic acids is 1. The largest absolute Gasteiger partial charge is 0.482 e. The van der Waals surface area contributed by atoms with Gasteiger partial charge in [-0.3, -0.25) is 4.72 Å². The standard InChI is InChI=1S/C17H19NO5S/c1-12-4-9-16(13(2)10-12)18-24(20,21)15-7-5-14(6-8-15)23-11-17(19)22-3/h4-10,18H,11H2,1-3H3. The van der Waals surface area contributed by atoms with Crippen molar-refractivity contribution in [2.24, 2.45) is 0 Å². The second-order valence-electron chi connectivity index (χ2n) is 5.26. The fourth-order valence-electron chi connectivity index (χ4n) is 2.05. The minimum absolute atomic E-state index is 0.105. The Morgan fingerprint density at radius 2 is 1.75 bits per heavy atom. The third-order valence-corrected chi connectivity index (χ3v) is 4.73. The van der Waals surface area contributed by atoms with Gasteiger partial charge >= 0.3 is 5.97 Å². The number of anilines is 1. The van der Waals surface area contributed by atoms with Crippen LogP contribution in [0.3, 0.4) is 0 Å². The van der Waals surface area contributed by atoms with Crippen molar-refractivity contribution in [3.8, 4) is 5.75 Å². The third-order valence-electron chi connectivity index (χ3n) is 3.34. The van der Waals surface area contributed by atoms with Crippen molar-refractivity contribution in [2.45, 2.75) is 18.7 Å². The van der Waals surface area contributed by atoms with E-state index in [1.165, 1.54) is 31.4 Å². The molecule has 0 heterocycles. The van der Waals surface area contributed by atoms with Gasteiger partial charge in [-0.25, -0.2) is 13.2 Å². The van der Waals surface area contributed by atoms with E-state index >= 15 is 0 Å². The summed E-state index contributed by atoms with van der Waals surface area (Å²) < 4.78 is 37.1. The molecule has 0 bridgehead atoms. The number of benzene rings is 2. The number of nitrogens with one attached hydrogen (secondary N) is 1. The fraction of sp³-hybridized carbons (Fsp3) is 0.235. The van der Waals surface area contributed by atoms with E-state index in [1.54, 1.807) is 6.07 Å². The topological polar surface area (TPSA) is 81.7 Å². The summed E-state index contributed by atoms with van der Waals surface area (Å²) >= 11 is 0. The molecule has 6 nitrogen and oxygen atoms in total. The van der Waals surface area contributed by atoms with E-state index in [2.05, 4.69) is 9.46 Å². The van der Waals surface area contributed by atoms with Crippen LogP contribution in [0, 0.1) is 13.8 Å². The van der Waals surface area contributed by atoms with E-state index in [1.807, 2.05) is 26.0 Å². The van der Waals surface area contributed by atoms with Crippen molar-refractivity contribution < 1.29 is 22.7 Å². The van der Waals surface area contributed by atoms with Gasteiger partial charge in [0.25, 0.3) is 10.0 Å². The SMILES string of the molecule is COC(=O)COc1ccc(S(=O)(=O)Nc2ccc(C)cc2C)cc1. The van der Waals surface area contributed by atoms with Gasteiger partial charge in [0, 0.05) is 0 Å². The first-order valence-electron chi connectivity index (χ1n) is 7.21. The van der Waals surface area contributed by atoms with E-state index in [0.29, 0.717) is 11.4 Å². The second kappa shape index (κ2) is 7.35. The minimum atomic E-state index is -3.70. The molecule has 2 rings (SSSR count). The van der Waals surface area contributed by atoms with Gasteiger partial charge in [0.1, 0.15) is 5.75 Å². The summed E-state index contributed by atoms with van der Waals surface area (Å²) in [6.07, 6.45) is 0. The molecule has 0 radical (unpaired) electrons. The Labute approximate surface area is 141 Å². The number of hydrogen-bond donors (Lipinski definition) is 1. The summed E-state index contributed by atoms with van der Waals surface area (Å²) in [4.78, 5) is 11.1. The fourth-order valence-corrected chi connectivity index (χ4v) is 3.18. The van der Waals surface area contributed by atoms with Gasteiger partial charge in [-0.2, -0.15) is 0 Å². The predicted molar refractivity (Wildman–Crippen MR) is 90.7 cm³/mol. The Hall–Kier alpha value is -2.54. The van der Waals surface area contributed by atoms with Gasteiger partial charge in [-0.05, 0) is 49.7 Å². The molecule has 24 heavy (non-hydrogen) atoms. The highest BCUT2D eigenvalue weighted by atomic mass is 32.2. The molecule has 0 aliphatic carbocycles. The Morgan fingerprint density at radius 1 is 1.08 bits per heavy atom. The first-order chi connectivity index (χ1) is 11.3. The number of carbonyl (C=O) groups is 1. The summed E-state index contributed by atoms with van der Waals surface area (Å²) in [7, 11) is -2.43. The first kappa shape index (κ1) is 17.8. The molecule has 0 atom stereocenters. The lowest BCUT2D eigenvalue weighted by molar-refractivity contribution is -0.142. The van der Waals surface area contributed by atoms with E-state index in [-0.39, 0.29) is 11.5 Å². The van der Waals surface area contributed by atoms with Crippen LogP contribution in [0.15, 0.2) is 47.4 Å². The van der Waals surface area contributed by atoms with Crippen molar-refractivity contribution in [1.29, 1.82) is 0 Å². The van der Waals surface area contributed by atoms with Crippen LogP contribution in [0.25, 0.3) is 0 Å². The predicted octanol–water partition coefficient (Wildman–Crippen LogP) is 2.66. The highest BCUT2D eigenvalue weighted by molar-refractivity contribution is 7.92. The van der Waals surface area contributed by atoms with E-state index in [9.17, 15) is 13.2 Å². The van der Waals surface area contributed by atoms with E-state index < -0.39 is 16.0 Å². The maximum Gasteiger partial charge on any atom is 0.343 e. The summed E-state index contributed by atoms with van der Waals surface area (Å²) in [5, 5.41) is 0. The zero-order valence-electron chi connectivity index (χ0n) is 13.7. The molecular formula is C17H19NO5S. The molecule has 128 valence electrons. The number of rotatable bonds is 6. The maximum atomic E-state index is 12.4. The molecule has 7 heteroatoms. The van der Waals surface area contributed by atoms with Crippen molar-refractivity contribution in [1.82, 2.24) is 0 Å². The molecule has 2 aromatic carbocycles. The average molecular weight is 349 g/mol. The van der Waals surface area contributed by atoms with E-state index in [0.717, 1.165) is 11.1 Å². The van der Waals surface area contributed by atoms with Crippen LogP contribution in [0.1, 0.15) is 11.1 Å². The summed E-state index contributed by atoms with van der Waals surface area (Å²) in [5.41, 5.74) is 2.44. The molecule has 0 amide bonds. The van der Waals surface area contributed by atoms with Crippen LogP contribution in [0.5, 0.6) is 5.75 Å². The zero-order valence-corrected chi connectivity index (χ0v) is 14.5. The number of aryl methyl sites for hydroxylation is 2. The first-order valence-corrected chi connectivity index (χ1v) is 8.70. The van der Waals surface area contributed by atoms with Gasteiger partial charge in [0.05, 0.1) is 17.7 Å². The summed E-state index contributed by atoms with van der Waals surface area (Å²) in [6.45, 7) is 3.55. The van der Waals surface area contributed by atoms with Crippen LogP contribution in [0.4, 0.5) is 5.69 Å². The summed E-state index contributed by atoms with van der Waals surface area (Å²) in [5.74, 6) is -0.130. The Morgan fingerprint density at radius 3 is 2.33 bits per heavy atom. The molecule has 0 fully saturated rings. The molecule has 0 unspecified atom stereocenters. The molecule has 1 N–H and O–H groups in total. The number of methoxy groups -OCH3 is 1. The van der Waals surface area contributed by atoms with Gasteiger partial charge in [0.2, 0.25) is 0 Å². The number of esters is 1. The highest BCUT2D eigenvalue weighted by Gasteiger charge is 2.15. The molecule has 0 aromatic heterocycles. The summed E-state index contributed by atoms with van der Waals surface area (Å²) in [6, 6.07) is 11.3. The molecule has 0 aliphatic rings. The molecule has 0 saturated heterocycles. The third kappa shape index (κ3) is 4.48.